The second-order valence-corrected chi connectivity index (χ2v) is 7.97. The van der Waals surface area contributed by atoms with E-state index in [0.717, 1.165) is 36.5 Å². The fraction of sp³-hybridized carbons (Fsp3) is 0.692. The van der Waals surface area contributed by atoms with Gasteiger partial charge in [0, 0.05) is 30.9 Å². The average Bonchev–Trinajstić information content (AvgIpc) is 2.72. The Morgan fingerprint density at radius 1 is 1.27 bits per heavy atom. The van der Waals surface area contributed by atoms with Crippen LogP contribution in [0.15, 0.2) is 4.99 Å². The summed E-state index contributed by atoms with van der Waals surface area (Å²) in [5, 5.41) is 7.46. The Bertz CT molecular complexity index is 576. The summed E-state index contributed by atoms with van der Waals surface area (Å²) in [6.07, 6.45) is 1.98. The first kappa shape index (κ1) is 18.9. The van der Waals surface area contributed by atoms with Crippen LogP contribution in [0.5, 0.6) is 0 Å². The third-order valence-corrected chi connectivity index (χ3v) is 4.66. The number of rotatable bonds is 8. The van der Waals surface area contributed by atoms with Gasteiger partial charge in [-0.3, -0.25) is 4.99 Å². The fourth-order valence-electron chi connectivity index (χ4n) is 1.67. The first-order valence-corrected chi connectivity index (χ1v) is 9.92. The second-order valence-electron chi connectivity index (χ2n) is 4.85. The van der Waals surface area contributed by atoms with Crippen LogP contribution in [0, 0.1) is 13.8 Å². The van der Waals surface area contributed by atoms with E-state index in [-0.39, 0.29) is 0 Å². The molecule has 22 heavy (non-hydrogen) atoms. The Morgan fingerprint density at radius 3 is 2.55 bits per heavy atom. The summed E-state index contributed by atoms with van der Waals surface area (Å²) >= 11 is 1.72. The van der Waals surface area contributed by atoms with Crippen LogP contribution in [-0.2, 0) is 16.4 Å². The standard InChI is InChI=1S/C13H25N5O2S2/c1-5-14-13(16-8-9-17-22(4,19)20)15-7-6-12-18-10(2)11(3)21-12/h17H,5-9H2,1-4H3,(H2,14,15,16). The van der Waals surface area contributed by atoms with Crippen molar-refractivity contribution in [2.24, 2.45) is 4.99 Å². The maximum atomic E-state index is 11.0. The van der Waals surface area contributed by atoms with Crippen molar-refractivity contribution in [3.63, 3.8) is 0 Å². The van der Waals surface area contributed by atoms with Crippen LogP contribution in [-0.4, -0.2) is 51.8 Å². The Balaban J connectivity index is 2.39. The molecule has 0 aliphatic heterocycles. The molecule has 9 heteroatoms. The SMILES string of the molecule is CCNC(=NCCNS(C)(=O)=O)NCCc1nc(C)c(C)s1. The van der Waals surface area contributed by atoms with Gasteiger partial charge >= 0.3 is 0 Å². The third kappa shape index (κ3) is 7.71. The molecule has 0 unspecified atom stereocenters. The minimum atomic E-state index is -3.16. The Morgan fingerprint density at radius 2 is 2.00 bits per heavy atom. The number of aliphatic imine (C=N–C) groups is 1. The van der Waals surface area contributed by atoms with Crippen LogP contribution in [0.4, 0.5) is 0 Å². The van der Waals surface area contributed by atoms with E-state index < -0.39 is 10.0 Å². The number of guanidine groups is 1. The van der Waals surface area contributed by atoms with E-state index in [2.05, 4.69) is 32.3 Å². The lowest BCUT2D eigenvalue weighted by Crippen LogP contribution is -2.39. The molecule has 0 saturated heterocycles. The Hall–Kier alpha value is -1.19. The molecule has 0 spiro atoms. The summed E-state index contributed by atoms with van der Waals surface area (Å²) in [6.45, 7) is 8.24. The van der Waals surface area contributed by atoms with Crippen molar-refractivity contribution >= 4 is 27.3 Å². The van der Waals surface area contributed by atoms with Crippen LogP contribution >= 0.6 is 11.3 Å². The van der Waals surface area contributed by atoms with E-state index in [1.807, 2.05) is 13.8 Å². The largest absolute Gasteiger partial charge is 0.357 e. The molecule has 1 aromatic rings. The van der Waals surface area contributed by atoms with Crippen molar-refractivity contribution in [1.82, 2.24) is 20.3 Å². The lowest BCUT2D eigenvalue weighted by molar-refractivity contribution is 0.588. The van der Waals surface area contributed by atoms with Gasteiger partial charge in [0.05, 0.1) is 23.5 Å². The molecule has 0 aliphatic carbocycles. The van der Waals surface area contributed by atoms with Gasteiger partial charge in [0.15, 0.2) is 5.96 Å². The minimum Gasteiger partial charge on any atom is -0.357 e. The number of nitrogens with zero attached hydrogens (tertiary/aromatic N) is 2. The molecule has 1 heterocycles. The van der Waals surface area contributed by atoms with Crippen LogP contribution in [0.3, 0.4) is 0 Å². The maximum Gasteiger partial charge on any atom is 0.208 e. The molecule has 1 rings (SSSR count). The van der Waals surface area contributed by atoms with Crippen molar-refractivity contribution in [3.05, 3.63) is 15.6 Å². The average molecular weight is 348 g/mol. The van der Waals surface area contributed by atoms with Crippen molar-refractivity contribution in [3.8, 4) is 0 Å². The second kappa shape index (κ2) is 9.06. The van der Waals surface area contributed by atoms with Gasteiger partial charge in [-0.1, -0.05) is 0 Å². The maximum absolute atomic E-state index is 11.0. The summed E-state index contributed by atoms with van der Waals surface area (Å²) in [4.78, 5) is 10.1. The van der Waals surface area contributed by atoms with Crippen molar-refractivity contribution in [2.45, 2.75) is 27.2 Å². The van der Waals surface area contributed by atoms with Gasteiger partial charge < -0.3 is 10.6 Å². The topological polar surface area (TPSA) is 95.5 Å². The van der Waals surface area contributed by atoms with Crippen molar-refractivity contribution in [2.75, 3.05) is 32.4 Å². The van der Waals surface area contributed by atoms with Gasteiger partial charge in [-0.2, -0.15) is 0 Å². The van der Waals surface area contributed by atoms with Gasteiger partial charge in [0.2, 0.25) is 10.0 Å². The summed E-state index contributed by atoms with van der Waals surface area (Å²) in [5.41, 5.74) is 1.09. The van der Waals surface area contributed by atoms with Gasteiger partial charge in [0.25, 0.3) is 0 Å². The van der Waals surface area contributed by atoms with E-state index in [0.29, 0.717) is 19.0 Å². The highest BCUT2D eigenvalue weighted by Gasteiger charge is 2.04. The molecule has 0 aliphatic rings. The first-order valence-electron chi connectivity index (χ1n) is 7.21. The van der Waals surface area contributed by atoms with E-state index in [4.69, 9.17) is 0 Å². The van der Waals surface area contributed by atoms with E-state index in [1.54, 1.807) is 11.3 Å². The summed E-state index contributed by atoms with van der Waals surface area (Å²) in [5.74, 6) is 0.683. The zero-order valence-corrected chi connectivity index (χ0v) is 15.2. The molecule has 0 atom stereocenters. The molecular formula is C13H25N5O2S2. The summed E-state index contributed by atoms with van der Waals surface area (Å²) in [7, 11) is -3.16. The smallest absolute Gasteiger partial charge is 0.208 e. The van der Waals surface area contributed by atoms with Crippen LogP contribution < -0.4 is 15.4 Å². The number of aryl methyl sites for hydroxylation is 2. The van der Waals surface area contributed by atoms with Gasteiger partial charge in [-0.25, -0.2) is 18.1 Å². The predicted molar refractivity (Wildman–Crippen MR) is 92.1 cm³/mol. The zero-order valence-electron chi connectivity index (χ0n) is 13.6. The number of thiazole rings is 1. The zero-order chi connectivity index (χ0) is 16.6. The highest BCUT2D eigenvalue weighted by atomic mass is 32.2. The van der Waals surface area contributed by atoms with E-state index >= 15 is 0 Å². The molecule has 0 bridgehead atoms. The van der Waals surface area contributed by atoms with Crippen LogP contribution in [0.2, 0.25) is 0 Å². The van der Waals surface area contributed by atoms with Gasteiger partial charge in [-0.15, -0.1) is 11.3 Å². The monoisotopic (exact) mass is 347 g/mol. The molecule has 1 aromatic heterocycles. The summed E-state index contributed by atoms with van der Waals surface area (Å²) < 4.78 is 24.3. The quantitative estimate of drug-likeness (QED) is 0.360. The molecule has 0 saturated carbocycles. The molecule has 0 fully saturated rings. The van der Waals surface area contributed by atoms with Crippen LogP contribution in [0.1, 0.15) is 22.5 Å². The lowest BCUT2D eigenvalue weighted by Gasteiger charge is -2.10. The number of sulfonamides is 1. The van der Waals surface area contributed by atoms with E-state index in [9.17, 15) is 8.42 Å². The Kier molecular flexibility index (Phi) is 7.77. The molecule has 3 N–H and O–H groups in total. The molecular weight excluding hydrogens is 322 g/mol. The summed E-state index contributed by atoms with van der Waals surface area (Å²) in [6, 6.07) is 0. The minimum absolute atomic E-state index is 0.292. The molecule has 7 nitrogen and oxygen atoms in total. The lowest BCUT2D eigenvalue weighted by atomic mass is 10.4. The fourth-order valence-corrected chi connectivity index (χ4v) is 3.07. The molecule has 0 aromatic carbocycles. The predicted octanol–water partition coefficient (Wildman–Crippen LogP) is 0.407. The molecule has 126 valence electrons. The Labute approximate surface area is 136 Å². The number of hydrogen-bond acceptors (Lipinski definition) is 5. The van der Waals surface area contributed by atoms with E-state index in [1.165, 1.54) is 4.88 Å². The number of hydrogen-bond donors (Lipinski definition) is 3. The highest BCUT2D eigenvalue weighted by molar-refractivity contribution is 7.88. The molecule has 0 radical (unpaired) electrons. The number of nitrogens with one attached hydrogen (secondary N) is 3. The van der Waals surface area contributed by atoms with Crippen LogP contribution in [0.25, 0.3) is 0 Å². The normalized spacial score (nSPS) is 12.5. The van der Waals surface area contributed by atoms with Crippen molar-refractivity contribution < 1.29 is 8.42 Å². The van der Waals surface area contributed by atoms with Gasteiger partial charge in [-0.05, 0) is 20.8 Å². The highest BCUT2D eigenvalue weighted by Crippen LogP contribution is 2.16. The first-order chi connectivity index (χ1) is 10.3. The van der Waals surface area contributed by atoms with Crippen molar-refractivity contribution in [1.29, 1.82) is 0 Å². The molecule has 0 amide bonds. The third-order valence-electron chi connectivity index (χ3n) is 2.79. The number of aromatic nitrogens is 1. The van der Waals surface area contributed by atoms with Gasteiger partial charge in [0.1, 0.15) is 0 Å².